The van der Waals surface area contributed by atoms with Crippen LogP contribution in [0.15, 0.2) is 11.6 Å². The lowest BCUT2D eigenvalue weighted by molar-refractivity contribution is -0.138. The highest BCUT2D eigenvalue weighted by Crippen LogP contribution is 2.33. The first kappa shape index (κ1) is 20.7. The van der Waals surface area contributed by atoms with Crippen LogP contribution in [-0.2, 0) is 9.53 Å². The zero-order chi connectivity index (χ0) is 19.2. The van der Waals surface area contributed by atoms with E-state index in [0.29, 0.717) is 32.8 Å². The van der Waals surface area contributed by atoms with E-state index in [1.807, 2.05) is 0 Å². The van der Waals surface area contributed by atoms with Gasteiger partial charge in [0, 0.05) is 31.6 Å². The standard InChI is InChI=1S/C19H33N3O4/c1-19(2,15-7-5-4-6-8-15)14-20-18(25)22-9-10-26-16(12-22)11-21(3)13-17(23)24/h7,16H,4-6,8-14H2,1-3H3,(H,20,25)(H,23,24). The third-order valence-electron chi connectivity index (χ3n) is 5.19. The SMILES string of the molecule is CN(CC(=O)O)CC1CN(C(=O)NCC(C)(C)C2=CCCCC2)CCO1. The summed E-state index contributed by atoms with van der Waals surface area (Å²) in [7, 11) is 1.75. The summed E-state index contributed by atoms with van der Waals surface area (Å²) < 4.78 is 5.69. The molecule has 0 aromatic rings. The summed E-state index contributed by atoms with van der Waals surface area (Å²) >= 11 is 0. The average Bonchev–Trinajstić information content (AvgIpc) is 2.60. The molecule has 26 heavy (non-hydrogen) atoms. The molecule has 0 radical (unpaired) electrons. The second kappa shape index (κ2) is 9.37. The van der Waals surface area contributed by atoms with E-state index < -0.39 is 5.97 Å². The molecule has 0 aromatic heterocycles. The quantitative estimate of drug-likeness (QED) is 0.672. The highest BCUT2D eigenvalue weighted by atomic mass is 16.5. The summed E-state index contributed by atoms with van der Waals surface area (Å²) in [4.78, 5) is 26.8. The van der Waals surface area contributed by atoms with Crippen molar-refractivity contribution in [2.24, 2.45) is 5.41 Å². The van der Waals surface area contributed by atoms with Gasteiger partial charge in [-0.3, -0.25) is 9.69 Å². The Morgan fingerprint density at radius 3 is 2.85 bits per heavy atom. The van der Waals surface area contributed by atoms with Crippen molar-refractivity contribution >= 4 is 12.0 Å². The number of allylic oxidation sites excluding steroid dienone is 1. The van der Waals surface area contributed by atoms with Gasteiger partial charge in [0.15, 0.2) is 0 Å². The molecule has 1 atom stereocenters. The molecule has 2 aliphatic rings. The highest BCUT2D eigenvalue weighted by molar-refractivity contribution is 5.74. The van der Waals surface area contributed by atoms with Crippen LogP contribution in [0.1, 0.15) is 39.5 Å². The molecule has 1 fully saturated rings. The number of ether oxygens (including phenoxy) is 1. The van der Waals surface area contributed by atoms with Gasteiger partial charge in [-0.15, -0.1) is 0 Å². The first-order valence-electron chi connectivity index (χ1n) is 9.52. The Morgan fingerprint density at radius 1 is 1.42 bits per heavy atom. The zero-order valence-corrected chi connectivity index (χ0v) is 16.3. The van der Waals surface area contributed by atoms with E-state index in [2.05, 4.69) is 25.2 Å². The molecule has 7 nitrogen and oxygen atoms in total. The van der Waals surface area contributed by atoms with Gasteiger partial charge in [-0.1, -0.05) is 25.5 Å². The fourth-order valence-corrected chi connectivity index (χ4v) is 3.63. The Hall–Kier alpha value is -1.60. The van der Waals surface area contributed by atoms with Gasteiger partial charge in [0.05, 0.1) is 19.3 Å². The van der Waals surface area contributed by atoms with Crippen LogP contribution in [0.5, 0.6) is 0 Å². The zero-order valence-electron chi connectivity index (χ0n) is 16.3. The van der Waals surface area contributed by atoms with Crippen LogP contribution in [-0.4, -0.2) is 79.4 Å². The van der Waals surface area contributed by atoms with E-state index in [0.717, 1.165) is 12.8 Å². The van der Waals surface area contributed by atoms with Crippen LogP contribution < -0.4 is 5.32 Å². The molecule has 0 saturated carbocycles. The van der Waals surface area contributed by atoms with Gasteiger partial charge in [-0.05, 0) is 32.7 Å². The molecule has 2 rings (SSSR count). The van der Waals surface area contributed by atoms with E-state index in [1.165, 1.54) is 18.4 Å². The molecule has 0 bridgehead atoms. The van der Waals surface area contributed by atoms with Gasteiger partial charge in [0.1, 0.15) is 0 Å². The van der Waals surface area contributed by atoms with Crippen LogP contribution in [0.3, 0.4) is 0 Å². The molecular weight excluding hydrogens is 334 g/mol. The molecule has 1 heterocycles. The molecule has 148 valence electrons. The van der Waals surface area contributed by atoms with E-state index in [1.54, 1.807) is 16.8 Å². The van der Waals surface area contributed by atoms with Crippen LogP contribution in [0.2, 0.25) is 0 Å². The van der Waals surface area contributed by atoms with E-state index in [9.17, 15) is 9.59 Å². The fourth-order valence-electron chi connectivity index (χ4n) is 3.63. The molecule has 7 heteroatoms. The number of carbonyl (C=O) groups is 2. The Labute approximate surface area is 156 Å². The van der Waals surface area contributed by atoms with Crippen LogP contribution in [0.4, 0.5) is 4.79 Å². The second-order valence-electron chi connectivity index (χ2n) is 8.05. The smallest absolute Gasteiger partial charge is 0.317 e. The second-order valence-corrected chi connectivity index (χ2v) is 8.05. The van der Waals surface area contributed by atoms with Crippen molar-refractivity contribution in [1.82, 2.24) is 15.1 Å². The normalized spacial score (nSPS) is 21.5. The third-order valence-corrected chi connectivity index (χ3v) is 5.19. The summed E-state index contributed by atoms with van der Waals surface area (Å²) in [5.74, 6) is -0.864. The highest BCUT2D eigenvalue weighted by Gasteiger charge is 2.28. The predicted molar refractivity (Wildman–Crippen MR) is 100 cm³/mol. The maximum absolute atomic E-state index is 12.6. The molecule has 0 aromatic carbocycles. The minimum absolute atomic E-state index is 0.0243. The Balaban J connectivity index is 1.81. The number of aliphatic carboxylic acids is 1. The number of nitrogens with one attached hydrogen (secondary N) is 1. The number of carboxylic acids is 1. The molecule has 1 aliphatic carbocycles. The maximum atomic E-state index is 12.6. The number of urea groups is 1. The number of hydrogen-bond donors (Lipinski definition) is 2. The Bertz CT molecular complexity index is 533. The first-order chi connectivity index (χ1) is 12.3. The number of hydrogen-bond acceptors (Lipinski definition) is 4. The maximum Gasteiger partial charge on any atom is 0.317 e. The summed E-state index contributed by atoms with van der Waals surface area (Å²) in [5, 5.41) is 11.9. The largest absolute Gasteiger partial charge is 0.480 e. The number of amides is 2. The lowest BCUT2D eigenvalue weighted by Gasteiger charge is -2.36. The number of carbonyl (C=O) groups excluding carboxylic acids is 1. The van der Waals surface area contributed by atoms with Gasteiger partial charge < -0.3 is 20.1 Å². The number of carboxylic acid groups (broad SMARTS) is 1. The number of rotatable bonds is 7. The van der Waals surface area contributed by atoms with Crippen molar-refractivity contribution in [2.75, 3.05) is 46.4 Å². The summed E-state index contributed by atoms with van der Waals surface area (Å²) in [5.41, 5.74) is 1.42. The number of morpholine rings is 1. The van der Waals surface area contributed by atoms with Gasteiger partial charge in [0.25, 0.3) is 0 Å². The lowest BCUT2D eigenvalue weighted by Crippen LogP contribution is -2.53. The number of nitrogens with zero attached hydrogens (tertiary/aromatic N) is 2. The summed E-state index contributed by atoms with van der Waals surface area (Å²) in [6, 6.07) is -0.0660. The topological polar surface area (TPSA) is 82.1 Å². The van der Waals surface area contributed by atoms with Crippen molar-refractivity contribution in [3.8, 4) is 0 Å². The lowest BCUT2D eigenvalue weighted by atomic mass is 9.78. The van der Waals surface area contributed by atoms with Crippen molar-refractivity contribution in [2.45, 2.75) is 45.6 Å². The summed E-state index contributed by atoms with van der Waals surface area (Å²) in [6.07, 6.45) is 6.93. The molecule has 2 amide bonds. The minimum Gasteiger partial charge on any atom is -0.480 e. The fraction of sp³-hybridized carbons (Fsp3) is 0.789. The third kappa shape index (κ3) is 6.29. The van der Waals surface area contributed by atoms with E-state index in [-0.39, 0.29) is 24.1 Å². The molecule has 1 aliphatic heterocycles. The van der Waals surface area contributed by atoms with Crippen LogP contribution >= 0.6 is 0 Å². The first-order valence-corrected chi connectivity index (χ1v) is 9.52. The summed E-state index contributed by atoms with van der Waals surface area (Å²) in [6.45, 7) is 6.99. The molecule has 1 saturated heterocycles. The van der Waals surface area contributed by atoms with Crippen molar-refractivity contribution < 1.29 is 19.4 Å². The van der Waals surface area contributed by atoms with E-state index in [4.69, 9.17) is 9.84 Å². The van der Waals surface area contributed by atoms with Crippen molar-refractivity contribution in [1.29, 1.82) is 0 Å². The molecule has 0 spiro atoms. The number of likely N-dealkylation sites (N-methyl/N-ethyl adjacent to an activating group) is 1. The van der Waals surface area contributed by atoms with E-state index >= 15 is 0 Å². The Kier molecular flexibility index (Phi) is 7.46. The molecular formula is C19H33N3O4. The minimum atomic E-state index is -0.864. The van der Waals surface area contributed by atoms with Gasteiger partial charge in [-0.25, -0.2) is 4.79 Å². The molecule has 2 N–H and O–H groups in total. The van der Waals surface area contributed by atoms with Gasteiger partial charge in [-0.2, -0.15) is 0 Å². The monoisotopic (exact) mass is 367 g/mol. The van der Waals surface area contributed by atoms with Crippen LogP contribution in [0, 0.1) is 5.41 Å². The van der Waals surface area contributed by atoms with Gasteiger partial charge >= 0.3 is 12.0 Å². The van der Waals surface area contributed by atoms with Crippen LogP contribution in [0.25, 0.3) is 0 Å². The Morgan fingerprint density at radius 2 is 2.19 bits per heavy atom. The van der Waals surface area contributed by atoms with Crippen molar-refractivity contribution in [3.05, 3.63) is 11.6 Å². The van der Waals surface area contributed by atoms with Crippen molar-refractivity contribution in [3.63, 3.8) is 0 Å². The average molecular weight is 367 g/mol. The van der Waals surface area contributed by atoms with Gasteiger partial charge in [0.2, 0.25) is 0 Å². The molecule has 1 unspecified atom stereocenters. The predicted octanol–water partition coefficient (Wildman–Crippen LogP) is 1.94.